The van der Waals surface area contributed by atoms with Crippen molar-refractivity contribution in [1.82, 2.24) is 20.2 Å². The molecule has 2 N–H and O–H groups in total. The van der Waals surface area contributed by atoms with Crippen LogP contribution in [-0.2, 0) is 0 Å². The number of anilines is 1. The first-order valence-electron chi connectivity index (χ1n) is 3.78. The van der Waals surface area contributed by atoms with E-state index >= 15 is 0 Å². The second kappa shape index (κ2) is 2.89. The molecular weight excluding hydrogens is 170 g/mol. The van der Waals surface area contributed by atoms with E-state index in [0.717, 1.165) is 5.39 Å². The summed E-state index contributed by atoms with van der Waals surface area (Å²) >= 11 is 0. The van der Waals surface area contributed by atoms with Crippen molar-refractivity contribution >= 4 is 17.0 Å². The molecule has 0 fully saturated rings. The fourth-order valence-electron chi connectivity index (χ4n) is 1.08. The zero-order valence-electron chi connectivity index (χ0n) is 7.33. The molecule has 0 saturated heterocycles. The third-order valence-corrected chi connectivity index (χ3v) is 1.69. The predicted molar refractivity (Wildman–Crippen MR) is 47.8 cm³/mol. The highest BCUT2D eigenvalue weighted by atomic mass is 16.5. The van der Waals surface area contributed by atoms with Crippen LogP contribution in [0.2, 0.25) is 0 Å². The van der Waals surface area contributed by atoms with E-state index < -0.39 is 0 Å². The summed E-state index contributed by atoms with van der Waals surface area (Å²) < 4.78 is 5.08. The van der Waals surface area contributed by atoms with Crippen molar-refractivity contribution in [3.8, 4) is 5.88 Å². The molecule has 6 heteroatoms. The van der Waals surface area contributed by atoms with Crippen LogP contribution >= 0.6 is 0 Å². The quantitative estimate of drug-likeness (QED) is 0.698. The van der Waals surface area contributed by atoms with Crippen LogP contribution in [0.15, 0.2) is 6.20 Å². The number of methoxy groups -OCH3 is 1. The molecule has 0 saturated carbocycles. The number of hydrogen-bond acceptors (Lipinski definition) is 5. The highest BCUT2D eigenvalue weighted by molar-refractivity contribution is 5.80. The molecule has 13 heavy (non-hydrogen) atoms. The Labute approximate surface area is 74.3 Å². The number of hydrogen-bond donors (Lipinski definition) is 2. The minimum atomic E-state index is 0.508. The Morgan fingerprint density at radius 2 is 2.31 bits per heavy atom. The van der Waals surface area contributed by atoms with Crippen molar-refractivity contribution in [2.24, 2.45) is 0 Å². The van der Waals surface area contributed by atoms with Crippen molar-refractivity contribution in [3.05, 3.63) is 6.20 Å². The molecule has 0 bridgehead atoms. The Morgan fingerprint density at radius 1 is 1.46 bits per heavy atom. The molecule has 0 atom stereocenters. The molecule has 0 aromatic carbocycles. The van der Waals surface area contributed by atoms with Gasteiger partial charge in [-0.25, -0.2) is 0 Å². The second-order valence-electron chi connectivity index (χ2n) is 2.44. The van der Waals surface area contributed by atoms with Gasteiger partial charge in [-0.2, -0.15) is 15.1 Å². The summed E-state index contributed by atoms with van der Waals surface area (Å²) in [6.45, 7) is 0. The summed E-state index contributed by atoms with van der Waals surface area (Å²) in [5, 5.41) is 10.2. The molecule has 68 valence electrons. The SMILES string of the molecule is CNc1nc(OC)c2cn[nH]c2n1. The maximum atomic E-state index is 5.08. The molecule has 0 unspecified atom stereocenters. The first kappa shape index (κ1) is 7.78. The third-order valence-electron chi connectivity index (χ3n) is 1.69. The van der Waals surface area contributed by atoms with Crippen LogP contribution in [0.4, 0.5) is 5.95 Å². The van der Waals surface area contributed by atoms with Gasteiger partial charge in [-0.05, 0) is 0 Å². The van der Waals surface area contributed by atoms with Gasteiger partial charge in [-0.1, -0.05) is 0 Å². The van der Waals surface area contributed by atoms with E-state index in [0.29, 0.717) is 17.5 Å². The van der Waals surface area contributed by atoms with Crippen molar-refractivity contribution in [2.45, 2.75) is 0 Å². The van der Waals surface area contributed by atoms with Gasteiger partial charge in [-0.15, -0.1) is 0 Å². The van der Waals surface area contributed by atoms with E-state index in [1.165, 1.54) is 0 Å². The number of nitrogens with one attached hydrogen (secondary N) is 2. The van der Waals surface area contributed by atoms with Gasteiger partial charge in [0.25, 0.3) is 0 Å². The maximum Gasteiger partial charge on any atom is 0.229 e. The summed E-state index contributed by atoms with van der Waals surface area (Å²) in [4.78, 5) is 8.25. The van der Waals surface area contributed by atoms with Gasteiger partial charge in [0.1, 0.15) is 5.39 Å². The number of ether oxygens (including phenoxy) is 1. The van der Waals surface area contributed by atoms with E-state index in [9.17, 15) is 0 Å². The molecule has 2 aromatic heterocycles. The highest BCUT2D eigenvalue weighted by Gasteiger charge is 2.07. The summed E-state index contributed by atoms with van der Waals surface area (Å²) in [7, 11) is 3.31. The largest absolute Gasteiger partial charge is 0.480 e. The molecule has 0 spiro atoms. The zero-order valence-corrected chi connectivity index (χ0v) is 7.33. The zero-order chi connectivity index (χ0) is 9.26. The van der Waals surface area contributed by atoms with Crippen LogP contribution in [0, 0.1) is 0 Å². The van der Waals surface area contributed by atoms with Gasteiger partial charge >= 0.3 is 0 Å². The van der Waals surface area contributed by atoms with Gasteiger partial charge in [0.15, 0.2) is 5.65 Å². The number of aromatic nitrogens is 4. The van der Waals surface area contributed by atoms with E-state index in [-0.39, 0.29) is 0 Å². The Hall–Kier alpha value is -1.85. The molecule has 0 radical (unpaired) electrons. The summed E-state index contributed by atoms with van der Waals surface area (Å²) in [6, 6.07) is 0. The van der Waals surface area contributed by atoms with Crippen LogP contribution < -0.4 is 10.1 Å². The molecular formula is C7H9N5O. The van der Waals surface area contributed by atoms with Crippen molar-refractivity contribution in [1.29, 1.82) is 0 Å². The lowest BCUT2D eigenvalue weighted by atomic mass is 10.4. The fourth-order valence-corrected chi connectivity index (χ4v) is 1.08. The van der Waals surface area contributed by atoms with Crippen LogP contribution in [0.5, 0.6) is 5.88 Å². The Kier molecular flexibility index (Phi) is 1.73. The smallest absolute Gasteiger partial charge is 0.229 e. The van der Waals surface area contributed by atoms with Gasteiger partial charge in [0, 0.05) is 7.05 Å². The normalized spacial score (nSPS) is 10.3. The maximum absolute atomic E-state index is 5.08. The van der Waals surface area contributed by atoms with Crippen LogP contribution in [0.3, 0.4) is 0 Å². The Morgan fingerprint density at radius 3 is 3.00 bits per heavy atom. The molecule has 2 rings (SSSR count). The Balaban J connectivity index is 2.70. The summed E-state index contributed by atoms with van der Waals surface area (Å²) in [5.41, 5.74) is 0.663. The molecule has 6 nitrogen and oxygen atoms in total. The summed E-state index contributed by atoms with van der Waals surface area (Å²) in [6.07, 6.45) is 1.63. The van der Waals surface area contributed by atoms with Crippen molar-refractivity contribution < 1.29 is 4.74 Å². The molecule has 0 aliphatic rings. The lowest BCUT2D eigenvalue weighted by Gasteiger charge is -2.02. The number of aromatic amines is 1. The topological polar surface area (TPSA) is 75.7 Å². The summed E-state index contributed by atoms with van der Waals surface area (Å²) in [5.74, 6) is 1.02. The second-order valence-corrected chi connectivity index (χ2v) is 2.44. The lowest BCUT2D eigenvalue weighted by molar-refractivity contribution is 0.403. The van der Waals surface area contributed by atoms with Gasteiger partial charge in [-0.3, -0.25) is 5.10 Å². The minimum Gasteiger partial charge on any atom is -0.480 e. The van der Waals surface area contributed by atoms with E-state index in [4.69, 9.17) is 4.74 Å². The third kappa shape index (κ3) is 1.16. The average molecular weight is 179 g/mol. The van der Waals surface area contributed by atoms with Crippen molar-refractivity contribution in [2.75, 3.05) is 19.5 Å². The van der Waals surface area contributed by atoms with E-state index in [1.807, 2.05) is 0 Å². The van der Waals surface area contributed by atoms with E-state index in [1.54, 1.807) is 20.4 Å². The van der Waals surface area contributed by atoms with Crippen LogP contribution in [-0.4, -0.2) is 34.3 Å². The standard InChI is InChI=1S/C7H9N5O/c1-8-7-10-5-4(3-9-12-5)6(11-7)13-2/h3H,1-2H3,(H2,8,9,10,11,12). The number of H-pyrrole nitrogens is 1. The van der Waals surface area contributed by atoms with Gasteiger partial charge in [0.2, 0.25) is 11.8 Å². The lowest BCUT2D eigenvalue weighted by Crippen LogP contribution is -1.98. The molecule has 0 aliphatic carbocycles. The Bertz CT molecular complexity index is 424. The predicted octanol–water partition coefficient (Wildman–Crippen LogP) is 0.403. The average Bonchev–Trinajstić information content (AvgIpc) is 2.63. The monoisotopic (exact) mass is 179 g/mol. The number of fused-ring (bicyclic) bond motifs is 1. The molecule has 2 heterocycles. The van der Waals surface area contributed by atoms with Gasteiger partial charge < -0.3 is 10.1 Å². The number of nitrogens with zero attached hydrogens (tertiary/aromatic N) is 3. The first-order chi connectivity index (χ1) is 6.35. The molecule has 0 aliphatic heterocycles. The van der Waals surface area contributed by atoms with Crippen LogP contribution in [0.1, 0.15) is 0 Å². The van der Waals surface area contributed by atoms with E-state index in [2.05, 4.69) is 25.5 Å². The molecule has 2 aromatic rings. The van der Waals surface area contributed by atoms with Gasteiger partial charge in [0.05, 0.1) is 13.3 Å². The van der Waals surface area contributed by atoms with Crippen molar-refractivity contribution in [3.63, 3.8) is 0 Å². The molecule has 0 amide bonds. The minimum absolute atomic E-state index is 0.508. The van der Waals surface area contributed by atoms with Crippen LogP contribution in [0.25, 0.3) is 11.0 Å². The fraction of sp³-hybridized carbons (Fsp3) is 0.286. The number of rotatable bonds is 2. The first-order valence-corrected chi connectivity index (χ1v) is 3.78. The highest BCUT2D eigenvalue weighted by Crippen LogP contribution is 2.20.